The first-order valence-corrected chi connectivity index (χ1v) is 3.40. The van der Waals surface area contributed by atoms with E-state index in [-0.39, 0.29) is 24.3 Å². The fraction of sp³-hybridized carbons (Fsp3) is 0.714. The number of hydrogen-bond acceptors (Lipinski definition) is 3. The summed E-state index contributed by atoms with van der Waals surface area (Å²) >= 11 is 0. The summed E-state index contributed by atoms with van der Waals surface area (Å²) in [5, 5.41) is 2.57. The van der Waals surface area contributed by atoms with E-state index in [4.69, 9.17) is 0 Å². The van der Waals surface area contributed by atoms with Crippen molar-refractivity contribution in [2.24, 2.45) is 0 Å². The molecule has 1 N–H and O–H groups in total. The maximum absolute atomic E-state index is 10.6. The topological polar surface area (TPSA) is 55.4 Å². The SMILES string of the molecule is COC(=O)C[C@@H](C)NC(C)=O. The first kappa shape index (κ1) is 9.94. The van der Waals surface area contributed by atoms with Crippen LogP contribution in [-0.2, 0) is 14.3 Å². The third kappa shape index (κ3) is 5.39. The van der Waals surface area contributed by atoms with Crippen LogP contribution in [0, 0.1) is 0 Å². The second-order valence-electron chi connectivity index (χ2n) is 2.38. The third-order valence-electron chi connectivity index (χ3n) is 1.15. The highest BCUT2D eigenvalue weighted by atomic mass is 16.5. The molecular weight excluding hydrogens is 146 g/mol. The lowest BCUT2D eigenvalue weighted by Crippen LogP contribution is -2.32. The molecule has 0 heterocycles. The molecule has 0 bridgehead atoms. The lowest BCUT2D eigenvalue weighted by Gasteiger charge is -2.09. The first-order valence-electron chi connectivity index (χ1n) is 3.40. The molecular formula is C7H13NO3. The number of rotatable bonds is 3. The number of ether oxygens (including phenoxy) is 1. The van der Waals surface area contributed by atoms with Gasteiger partial charge in [-0.2, -0.15) is 0 Å². The maximum atomic E-state index is 10.6. The van der Waals surface area contributed by atoms with Gasteiger partial charge in [-0.15, -0.1) is 0 Å². The summed E-state index contributed by atoms with van der Waals surface area (Å²) in [6.45, 7) is 3.16. The van der Waals surface area contributed by atoms with E-state index in [1.54, 1.807) is 6.92 Å². The molecule has 0 spiro atoms. The second-order valence-corrected chi connectivity index (χ2v) is 2.38. The fourth-order valence-electron chi connectivity index (χ4n) is 0.731. The Morgan fingerprint density at radius 3 is 2.45 bits per heavy atom. The highest BCUT2D eigenvalue weighted by Crippen LogP contribution is 1.91. The van der Waals surface area contributed by atoms with Gasteiger partial charge in [-0.3, -0.25) is 9.59 Å². The van der Waals surface area contributed by atoms with Crippen LogP contribution in [0.3, 0.4) is 0 Å². The molecule has 0 aliphatic carbocycles. The Labute approximate surface area is 65.9 Å². The Morgan fingerprint density at radius 1 is 1.55 bits per heavy atom. The Hall–Kier alpha value is -1.06. The van der Waals surface area contributed by atoms with E-state index in [2.05, 4.69) is 10.1 Å². The van der Waals surface area contributed by atoms with Crippen LogP contribution in [0.25, 0.3) is 0 Å². The number of esters is 1. The zero-order valence-corrected chi connectivity index (χ0v) is 7.01. The van der Waals surface area contributed by atoms with E-state index in [0.29, 0.717) is 0 Å². The number of amides is 1. The monoisotopic (exact) mass is 159 g/mol. The molecule has 0 aromatic heterocycles. The summed E-state index contributed by atoms with van der Waals surface area (Å²) in [6.07, 6.45) is 0.218. The first-order chi connectivity index (χ1) is 5.06. The molecule has 64 valence electrons. The van der Waals surface area contributed by atoms with Gasteiger partial charge in [0.1, 0.15) is 0 Å². The number of nitrogens with one attached hydrogen (secondary N) is 1. The number of carbonyl (C=O) groups excluding carboxylic acids is 2. The van der Waals surface area contributed by atoms with Gasteiger partial charge in [0.25, 0.3) is 0 Å². The van der Waals surface area contributed by atoms with Crippen molar-refractivity contribution in [3.8, 4) is 0 Å². The summed E-state index contributed by atoms with van der Waals surface area (Å²) < 4.78 is 4.41. The van der Waals surface area contributed by atoms with Crippen molar-refractivity contribution in [1.82, 2.24) is 5.32 Å². The second kappa shape index (κ2) is 4.71. The van der Waals surface area contributed by atoms with Gasteiger partial charge in [-0.25, -0.2) is 0 Å². The van der Waals surface area contributed by atoms with Crippen LogP contribution in [0.2, 0.25) is 0 Å². The van der Waals surface area contributed by atoms with Gasteiger partial charge < -0.3 is 10.1 Å². The highest BCUT2D eigenvalue weighted by molar-refractivity contribution is 5.75. The molecule has 0 fully saturated rings. The Balaban J connectivity index is 3.60. The lowest BCUT2D eigenvalue weighted by molar-refractivity contribution is -0.141. The normalized spacial score (nSPS) is 11.9. The van der Waals surface area contributed by atoms with Crippen molar-refractivity contribution in [2.45, 2.75) is 26.3 Å². The van der Waals surface area contributed by atoms with Gasteiger partial charge in [0.05, 0.1) is 13.5 Å². The summed E-state index contributed by atoms with van der Waals surface area (Å²) in [5.41, 5.74) is 0. The van der Waals surface area contributed by atoms with Crippen molar-refractivity contribution in [1.29, 1.82) is 0 Å². The van der Waals surface area contributed by atoms with Gasteiger partial charge in [-0.05, 0) is 6.92 Å². The van der Waals surface area contributed by atoms with Crippen molar-refractivity contribution >= 4 is 11.9 Å². The molecule has 11 heavy (non-hydrogen) atoms. The third-order valence-corrected chi connectivity index (χ3v) is 1.15. The van der Waals surface area contributed by atoms with Crippen LogP contribution in [0.5, 0.6) is 0 Å². The molecule has 0 unspecified atom stereocenters. The number of carbonyl (C=O) groups is 2. The largest absolute Gasteiger partial charge is 0.469 e. The summed E-state index contributed by atoms with van der Waals surface area (Å²) in [6, 6.07) is -0.153. The summed E-state index contributed by atoms with van der Waals surface area (Å²) in [4.78, 5) is 21.1. The minimum absolute atomic E-state index is 0.138. The van der Waals surface area contributed by atoms with Crippen molar-refractivity contribution in [2.75, 3.05) is 7.11 Å². The van der Waals surface area contributed by atoms with Crippen LogP contribution in [0.15, 0.2) is 0 Å². The lowest BCUT2D eigenvalue weighted by atomic mass is 10.2. The van der Waals surface area contributed by atoms with E-state index >= 15 is 0 Å². The summed E-state index contributed by atoms with van der Waals surface area (Å²) in [7, 11) is 1.32. The van der Waals surface area contributed by atoms with Gasteiger partial charge in [0.15, 0.2) is 0 Å². The average Bonchev–Trinajstić information content (AvgIpc) is 1.85. The summed E-state index contributed by atoms with van der Waals surface area (Å²) in [5.74, 6) is -0.451. The Bertz CT molecular complexity index is 156. The molecule has 4 nitrogen and oxygen atoms in total. The zero-order valence-electron chi connectivity index (χ0n) is 7.01. The highest BCUT2D eigenvalue weighted by Gasteiger charge is 2.08. The van der Waals surface area contributed by atoms with E-state index in [0.717, 1.165) is 0 Å². The van der Waals surface area contributed by atoms with Gasteiger partial charge in [0.2, 0.25) is 5.91 Å². The number of methoxy groups -OCH3 is 1. The van der Waals surface area contributed by atoms with Crippen LogP contribution in [0.1, 0.15) is 20.3 Å². The van der Waals surface area contributed by atoms with Crippen LogP contribution in [-0.4, -0.2) is 25.0 Å². The molecule has 4 heteroatoms. The number of hydrogen-bond donors (Lipinski definition) is 1. The predicted molar refractivity (Wildman–Crippen MR) is 39.9 cm³/mol. The predicted octanol–water partition coefficient (Wildman–Crippen LogP) is 0.0741. The van der Waals surface area contributed by atoms with Crippen LogP contribution >= 0.6 is 0 Å². The standard InChI is InChI=1S/C7H13NO3/c1-5(8-6(2)9)4-7(10)11-3/h5H,4H2,1-3H3,(H,8,9)/t5-/m1/s1. The Kier molecular flexibility index (Phi) is 4.26. The average molecular weight is 159 g/mol. The van der Waals surface area contributed by atoms with Crippen LogP contribution in [0.4, 0.5) is 0 Å². The molecule has 0 aliphatic rings. The molecule has 0 rings (SSSR count). The molecule has 0 aromatic rings. The molecule has 0 radical (unpaired) electrons. The van der Waals surface area contributed by atoms with Crippen LogP contribution < -0.4 is 5.32 Å². The molecule has 0 aromatic carbocycles. The molecule has 0 aliphatic heterocycles. The van der Waals surface area contributed by atoms with Crippen molar-refractivity contribution < 1.29 is 14.3 Å². The van der Waals surface area contributed by atoms with Gasteiger partial charge >= 0.3 is 5.97 Å². The molecule has 1 atom stereocenters. The minimum Gasteiger partial charge on any atom is -0.469 e. The van der Waals surface area contributed by atoms with E-state index in [1.807, 2.05) is 0 Å². The molecule has 0 saturated heterocycles. The van der Waals surface area contributed by atoms with E-state index < -0.39 is 0 Å². The fourth-order valence-corrected chi connectivity index (χ4v) is 0.731. The smallest absolute Gasteiger partial charge is 0.307 e. The Morgan fingerprint density at radius 2 is 2.09 bits per heavy atom. The molecule has 1 amide bonds. The maximum Gasteiger partial charge on any atom is 0.307 e. The minimum atomic E-state index is -0.314. The molecule has 0 saturated carbocycles. The van der Waals surface area contributed by atoms with E-state index in [1.165, 1.54) is 14.0 Å². The quantitative estimate of drug-likeness (QED) is 0.593. The zero-order chi connectivity index (χ0) is 8.85. The van der Waals surface area contributed by atoms with Gasteiger partial charge in [-0.1, -0.05) is 0 Å². The van der Waals surface area contributed by atoms with E-state index in [9.17, 15) is 9.59 Å². The van der Waals surface area contributed by atoms with Crippen molar-refractivity contribution in [3.05, 3.63) is 0 Å². The van der Waals surface area contributed by atoms with Gasteiger partial charge in [0, 0.05) is 13.0 Å². The van der Waals surface area contributed by atoms with Crippen molar-refractivity contribution in [3.63, 3.8) is 0 Å².